The van der Waals surface area contributed by atoms with Gasteiger partial charge in [-0.15, -0.1) is 0 Å². The van der Waals surface area contributed by atoms with Crippen LogP contribution in [-0.2, 0) is 12.8 Å². The summed E-state index contributed by atoms with van der Waals surface area (Å²) in [5.41, 5.74) is 11.9. The number of aryl methyl sites for hydroxylation is 1. The van der Waals surface area contributed by atoms with E-state index in [-0.39, 0.29) is 25.1 Å². The van der Waals surface area contributed by atoms with Crippen molar-refractivity contribution in [2.45, 2.75) is 25.7 Å². The number of nitrogens with two attached hydrogens (primary N) is 1. The third-order valence-corrected chi connectivity index (χ3v) is 6.87. The SMILES string of the molecule is Nc1c2c(nc3cc(-c4ccc([N+](=O)[O-])cc4)[se]c13)CCCC2. The molecule has 0 saturated heterocycles. The van der Waals surface area contributed by atoms with Gasteiger partial charge in [0, 0.05) is 0 Å². The molecule has 0 radical (unpaired) electrons. The van der Waals surface area contributed by atoms with Gasteiger partial charge < -0.3 is 0 Å². The number of fused-ring (bicyclic) bond motifs is 2. The second-order valence-electron chi connectivity index (χ2n) is 5.79. The van der Waals surface area contributed by atoms with E-state index in [1.165, 1.54) is 27.1 Å². The minimum atomic E-state index is -0.375. The topological polar surface area (TPSA) is 82.0 Å². The molecule has 0 atom stereocenters. The molecule has 0 amide bonds. The summed E-state index contributed by atoms with van der Waals surface area (Å²) in [6.07, 6.45) is 4.42. The fourth-order valence-electron chi connectivity index (χ4n) is 3.13. The number of nitro benzene ring substituents is 1. The van der Waals surface area contributed by atoms with E-state index in [2.05, 4.69) is 6.07 Å². The van der Waals surface area contributed by atoms with E-state index >= 15 is 0 Å². The number of nitro groups is 1. The average Bonchev–Trinajstić information content (AvgIpc) is 2.99. The molecule has 3 aromatic rings. The van der Waals surface area contributed by atoms with Gasteiger partial charge in [0.25, 0.3) is 0 Å². The number of nitrogens with zero attached hydrogens (tertiary/aromatic N) is 2. The monoisotopic (exact) mass is 373 g/mol. The predicted octanol–water partition coefficient (Wildman–Crippen LogP) is 3.33. The van der Waals surface area contributed by atoms with Gasteiger partial charge in [-0.25, -0.2) is 0 Å². The predicted molar refractivity (Wildman–Crippen MR) is 91.8 cm³/mol. The van der Waals surface area contributed by atoms with Gasteiger partial charge in [0.05, 0.1) is 0 Å². The van der Waals surface area contributed by atoms with Crippen LogP contribution in [0.5, 0.6) is 0 Å². The van der Waals surface area contributed by atoms with E-state index in [0.717, 1.165) is 35.3 Å². The molecule has 2 aromatic heterocycles. The van der Waals surface area contributed by atoms with Crippen molar-refractivity contribution < 1.29 is 4.92 Å². The van der Waals surface area contributed by atoms with Gasteiger partial charge in [0.2, 0.25) is 0 Å². The third-order valence-electron chi connectivity index (χ3n) is 4.34. The van der Waals surface area contributed by atoms with E-state index in [4.69, 9.17) is 10.7 Å². The van der Waals surface area contributed by atoms with Crippen LogP contribution in [-0.4, -0.2) is 24.4 Å². The van der Waals surface area contributed by atoms with Crippen molar-refractivity contribution in [3.63, 3.8) is 0 Å². The number of rotatable bonds is 2. The molecule has 1 aromatic carbocycles. The van der Waals surface area contributed by atoms with Crippen molar-refractivity contribution in [3.8, 4) is 10.0 Å². The Bertz CT molecular complexity index is 916. The molecule has 0 spiro atoms. The molecule has 5 nitrogen and oxygen atoms in total. The molecular weight excluding hydrogens is 357 g/mol. The van der Waals surface area contributed by atoms with Crippen molar-refractivity contribution in [1.82, 2.24) is 4.98 Å². The Balaban J connectivity index is 1.82. The second kappa shape index (κ2) is 5.48. The Kier molecular flexibility index (Phi) is 3.43. The normalized spacial score (nSPS) is 13.9. The van der Waals surface area contributed by atoms with Gasteiger partial charge in [-0.1, -0.05) is 0 Å². The molecule has 2 N–H and O–H groups in total. The van der Waals surface area contributed by atoms with Gasteiger partial charge in [0.15, 0.2) is 0 Å². The number of non-ortho nitro benzene ring substituents is 1. The fraction of sp³-hybridized carbons (Fsp3) is 0.235. The molecule has 0 bridgehead atoms. The zero-order chi connectivity index (χ0) is 16.0. The number of anilines is 1. The quantitative estimate of drug-likeness (QED) is 0.425. The van der Waals surface area contributed by atoms with E-state index in [0.29, 0.717) is 0 Å². The Labute approximate surface area is 139 Å². The van der Waals surface area contributed by atoms with Gasteiger partial charge in [-0.2, -0.15) is 0 Å². The first-order valence-corrected chi connectivity index (χ1v) is 9.30. The molecule has 0 aliphatic heterocycles. The molecule has 0 unspecified atom stereocenters. The van der Waals surface area contributed by atoms with Gasteiger partial charge >= 0.3 is 139 Å². The maximum absolute atomic E-state index is 10.8. The van der Waals surface area contributed by atoms with Crippen molar-refractivity contribution >= 4 is 35.7 Å². The van der Waals surface area contributed by atoms with Crippen molar-refractivity contribution in [1.29, 1.82) is 0 Å². The summed E-state index contributed by atoms with van der Waals surface area (Å²) in [6.45, 7) is 0. The first kappa shape index (κ1) is 14.4. The van der Waals surface area contributed by atoms with Crippen LogP contribution in [0.25, 0.3) is 19.8 Å². The molecule has 4 rings (SSSR count). The van der Waals surface area contributed by atoms with E-state index in [1.807, 2.05) is 12.1 Å². The Morgan fingerprint density at radius 1 is 1.17 bits per heavy atom. The molecule has 2 heterocycles. The first-order valence-electron chi connectivity index (χ1n) is 7.59. The molecule has 0 saturated carbocycles. The van der Waals surface area contributed by atoms with Crippen molar-refractivity contribution in [3.05, 3.63) is 51.7 Å². The maximum atomic E-state index is 10.8. The molecule has 1 aliphatic carbocycles. The number of hydrogen-bond donors (Lipinski definition) is 1. The molecule has 1 aliphatic rings. The summed E-state index contributed by atoms with van der Waals surface area (Å²) in [5, 5.41) is 10.8. The number of hydrogen-bond acceptors (Lipinski definition) is 4. The molecule has 116 valence electrons. The van der Waals surface area contributed by atoms with Crippen LogP contribution in [0.4, 0.5) is 11.4 Å². The van der Waals surface area contributed by atoms with Gasteiger partial charge in [-0.3, -0.25) is 0 Å². The molecule has 6 heteroatoms. The van der Waals surface area contributed by atoms with Crippen LogP contribution in [0.15, 0.2) is 30.3 Å². The summed E-state index contributed by atoms with van der Waals surface area (Å²) in [4.78, 5) is 15.2. The van der Waals surface area contributed by atoms with Crippen LogP contribution < -0.4 is 5.73 Å². The second-order valence-corrected chi connectivity index (χ2v) is 7.99. The number of nitrogen functional groups attached to an aromatic ring is 1. The number of benzene rings is 1. The molecular formula is C17H15N3O2Se. The standard InChI is InChI=1S/C17H15N3O2Se/c18-16-12-3-1-2-4-13(12)19-14-9-15(23-17(14)16)10-5-7-11(8-6-10)20(21)22/h5-9H,1-4H2,(H2,18,19). The summed E-state index contributed by atoms with van der Waals surface area (Å²) in [6, 6.07) is 8.83. The van der Waals surface area contributed by atoms with Crippen LogP contribution in [0.2, 0.25) is 0 Å². The average molecular weight is 372 g/mol. The van der Waals surface area contributed by atoms with Crippen LogP contribution in [0.3, 0.4) is 0 Å². The van der Waals surface area contributed by atoms with E-state index in [1.54, 1.807) is 12.1 Å². The molecule has 0 fully saturated rings. The Hall–Kier alpha value is -2.17. The van der Waals surface area contributed by atoms with Crippen molar-refractivity contribution in [2.75, 3.05) is 5.73 Å². The Morgan fingerprint density at radius 2 is 1.91 bits per heavy atom. The third kappa shape index (κ3) is 2.44. The van der Waals surface area contributed by atoms with E-state index in [9.17, 15) is 10.1 Å². The molecule has 23 heavy (non-hydrogen) atoms. The minimum absolute atomic E-state index is 0.106. The summed E-state index contributed by atoms with van der Waals surface area (Å²) < 4.78 is 2.36. The number of aromatic nitrogens is 1. The van der Waals surface area contributed by atoms with Crippen LogP contribution in [0.1, 0.15) is 24.1 Å². The first-order chi connectivity index (χ1) is 11.1. The summed E-state index contributed by atoms with van der Waals surface area (Å²) >= 11 is 0.106. The summed E-state index contributed by atoms with van der Waals surface area (Å²) in [7, 11) is 0. The summed E-state index contributed by atoms with van der Waals surface area (Å²) in [5.74, 6) is 0. The number of pyridine rings is 1. The van der Waals surface area contributed by atoms with Crippen LogP contribution in [0, 0.1) is 10.1 Å². The van der Waals surface area contributed by atoms with Crippen LogP contribution >= 0.6 is 0 Å². The van der Waals surface area contributed by atoms with Crippen molar-refractivity contribution in [2.24, 2.45) is 0 Å². The zero-order valence-electron chi connectivity index (χ0n) is 12.4. The van der Waals surface area contributed by atoms with Gasteiger partial charge in [0.1, 0.15) is 0 Å². The van der Waals surface area contributed by atoms with Gasteiger partial charge in [-0.05, 0) is 0 Å². The zero-order valence-corrected chi connectivity index (χ0v) is 14.1. The van der Waals surface area contributed by atoms with E-state index < -0.39 is 0 Å². The Morgan fingerprint density at radius 3 is 2.65 bits per heavy atom. The fourth-order valence-corrected chi connectivity index (χ4v) is 5.41.